The number of rotatable bonds is 6. The van der Waals surface area contributed by atoms with Crippen LogP contribution in [0.1, 0.15) is 56.9 Å². The Bertz CT molecular complexity index is 1120. The summed E-state index contributed by atoms with van der Waals surface area (Å²) in [4.78, 5) is 0.242. The SMILES string of the molecule is C[C@H]1CCCC[C@H]1NS(=O)(=O)c1ccc(S(=O)(=O)N2CCC[C@H](c3ccccc3)C2)cc1. The van der Waals surface area contributed by atoms with E-state index in [-0.39, 0.29) is 21.8 Å². The normalized spacial score (nSPS) is 25.5. The van der Waals surface area contributed by atoms with Crippen molar-refractivity contribution >= 4 is 20.0 Å². The molecule has 32 heavy (non-hydrogen) atoms. The highest BCUT2D eigenvalue weighted by Gasteiger charge is 2.32. The first kappa shape index (κ1) is 23.4. The average Bonchev–Trinajstić information content (AvgIpc) is 2.81. The third-order valence-corrected chi connectivity index (χ3v) is 10.2. The number of nitrogens with one attached hydrogen (secondary N) is 1. The van der Waals surface area contributed by atoms with Crippen LogP contribution in [0.4, 0.5) is 0 Å². The van der Waals surface area contributed by atoms with Crippen molar-refractivity contribution in [2.75, 3.05) is 13.1 Å². The molecule has 0 bridgehead atoms. The Kier molecular flexibility index (Phi) is 7.05. The van der Waals surface area contributed by atoms with Crippen molar-refractivity contribution in [2.24, 2.45) is 5.92 Å². The number of benzene rings is 2. The topological polar surface area (TPSA) is 83.5 Å². The lowest BCUT2D eigenvalue weighted by Crippen LogP contribution is -2.41. The standard InChI is InChI=1S/C24H32N2O4S2/c1-19-8-5-6-12-24(19)25-31(27,28)22-13-15-23(16-14-22)32(29,30)26-17-7-11-21(18-26)20-9-3-2-4-10-20/h2-4,9-10,13-16,19,21,24-25H,5-8,11-12,17-18H2,1H3/t19-,21-,24+/m0/s1. The van der Waals surface area contributed by atoms with E-state index < -0.39 is 20.0 Å². The first-order chi connectivity index (χ1) is 15.3. The summed E-state index contributed by atoms with van der Waals surface area (Å²) < 4.78 is 56.5. The molecule has 1 N–H and O–H groups in total. The van der Waals surface area contributed by atoms with Crippen molar-refractivity contribution in [3.05, 3.63) is 60.2 Å². The van der Waals surface area contributed by atoms with Gasteiger partial charge < -0.3 is 0 Å². The molecule has 0 amide bonds. The van der Waals surface area contributed by atoms with Crippen LogP contribution in [-0.2, 0) is 20.0 Å². The highest BCUT2D eigenvalue weighted by molar-refractivity contribution is 7.89. The number of hydrogen-bond acceptors (Lipinski definition) is 4. The molecule has 1 aliphatic carbocycles. The van der Waals surface area contributed by atoms with Crippen molar-refractivity contribution in [2.45, 2.75) is 67.2 Å². The van der Waals surface area contributed by atoms with Gasteiger partial charge in [-0.1, -0.05) is 50.1 Å². The molecule has 2 fully saturated rings. The molecule has 8 heteroatoms. The second kappa shape index (κ2) is 9.63. The molecule has 2 aromatic rings. The van der Waals surface area contributed by atoms with Gasteiger partial charge in [0.1, 0.15) is 0 Å². The molecule has 0 radical (unpaired) electrons. The highest BCUT2D eigenvalue weighted by Crippen LogP contribution is 2.31. The summed E-state index contributed by atoms with van der Waals surface area (Å²) in [5.74, 6) is 0.468. The maximum Gasteiger partial charge on any atom is 0.243 e. The maximum absolute atomic E-state index is 13.2. The zero-order valence-electron chi connectivity index (χ0n) is 18.5. The van der Waals surface area contributed by atoms with Gasteiger partial charge in [-0.15, -0.1) is 0 Å². The van der Waals surface area contributed by atoms with Gasteiger partial charge >= 0.3 is 0 Å². The summed E-state index contributed by atoms with van der Waals surface area (Å²) in [5, 5.41) is 0. The molecule has 2 aliphatic rings. The van der Waals surface area contributed by atoms with Crippen LogP contribution in [0.5, 0.6) is 0 Å². The number of sulfonamides is 2. The van der Waals surface area contributed by atoms with Crippen LogP contribution in [0.2, 0.25) is 0 Å². The fourth-order valence-electron chi connectivity index (χ4n) is 4.86. The fourth-order valence-corrected chi connectivity index (χ4v) is 7.76. The van der Waals surface area contributed by atoms with Gasteiger partial charge in [-0.05, 0) is 67.3 Å². The molecular formula is C24H32N2O4S2. The molecule has 1 heterocycles. The Hall–Kier alpha value is -1.74. The first-order valence-electron chi connectivity index (χ1n) is 11.4. The number of piperidine rings is 1. The molecular weight excluding hydrogens is 444 g/mol. The number of hydrogen-bond donors (Lipinski definition) is 1. The molecule has 174 valence electrons. The lowest BCUT2D eigenvalue weighted by molar-refractivity contribution is 0.310. The summed E-state index contributed by atoms with van der Waals surface area (Å²) in [6.45, 7) is 2.99. The minimum absolute atomic E-state index is 0.0690. The van der Waals surface area contributed by atoms with Crippen molar-refractivity contribution in [1.82, 2.24) is 9.03 Å². The van der Waals surface area contributed by atoms with Gasteiger partial charge in [0.25, 0.3) is 0 Å². The van der Waals surface area contributed by atoms with Gasteiger partial charge in [-0.2, -0.15) is 4.31 Å². The Balaban J connectivity index is 1.49. The summed E-state index contributed by atoms with van der Waals surface area (Å²) in [5.41, 5.74) is 1.15. The summed E-state index contributed by atoms with van der Waals surface area (Å²) in [6.07, 6.45) is 5.77. The molecule has 2 aromatic carbocycles. The zero-order valence-corrected chi connectivity index (χ0v) is 20.1. The van der Waals surface area contributed by atoms with Crippen LogP contribution in [0, 0.1) is 5.92 Å². The van der Waals surface area contributed by atoms with Crippen LogP contribution in [0.3, 0.4) is 0 Å². The summed E-state index contributed by atoms with van der Waals surface area (Å²) in [7, 11) is -7.37. The van der Waals surface area contributed by atoms with Crippen LogP contribution in [-0.4, -0.2) is 40.3 Å². The van der Waals surface area contributed by atoms with E-state index in [0.29, 0.717) is 19.0 Å². The van der Waals surface area contributed by atoms with Crippen molar-refractivity contribution in [3.8, 4) is 0 Å². The van der Waals surface area contributed by atoms with E-state index >= 15 is 0 Å². The smallest absolute Gasteiger partial charge is 0.208 e. The average molecular weight is 477 g/mol. The van der Waals surface area contributed by atoms with E-state index in [4.69, 9.17) is 0 Å². The van der Waals surface area contributed by atoms with Crippen LogP contribution in [0.25, 0.3) is 0 Å². The van der Waals surface area contributed by atoms with Gasteiger partial charge in [-0.3, -0.25) is 0 Å². The predicted octanol–water partition coefficient (Wildman–Crippen LogP) is 4.11. The maximum atomic E-state index is 13.2. The highest BCUT2D eigenvalue weighted by atomic mass is 32.2. The molecule has 0 spiro atoms. The van der Waals surface area contributed by atoms with Gasteiger partial charge in [-0.25, -0.2) is 21.6 Å². The van der Waals surface area contributed by atoms with Crippen LogP contribution in [0.15, 0.2) is 64.4 Å². The lowest BCUT2D eigenvalue weighted by Gasteiger charge is -2.32. The van der Waals surface area contributed by atoms with E-state index in [0.717, 1.165) is 44.1 Å². The Morgan fingerprint density at radius 3 is 2.16 bits per heavy atom. The Morgan fingerprint density at radius 2 is 1.47 bits per heavy atom. The van der Waals surface area contributed by atoms with E-state index in [1.807, 2.05) is 30.3 Å². The van der Waals surface area contributed by atoms with E-state index in [1.165, 1.54) is 28.6 Å². The van der Waals surface area contributed by atoms with Crippen molar-refractivity contribution < 1.29 is 16.8 Å². The van der Waals surface area contributed by atoms with E-state index in [1.54, 1.807) is 0 Å². The number of nitrogens with zero attached hydrogens (tertiary/aromatic N) is 1. The second-order valence-corrected chi connectivity index (χ2v) is 12.7. The molecule has 0 aromatic heterocycles. The first-order valence-corrected chi connectivity index (χ1v) is 14.4. The molecule has 1 saturated heterocycles. The molecule has 4 rings (SSSR count). The molecule has 1 aliphatic heterocycles. The van der Waals surface area contributed by atoms with Gasteiger partial charge in [0.15, 0.2) is 0 Å². The second-order valence-electron chi connectivity index (χ2n) is 9.07. The Labute approximate surface area is 192 Å². The summed E-state index contributed by atoms with van der Waals surface area (Å²) in [6, 6.07) is 15.6. The lowest BCUT2D eigenvalue weighted by atomic mass is 9.87. The van der Waals surface area contributed by atoms with Gasteiger partial charge in [0.2, 0.25) is 20.0 Å². The van der Waals surface area contributed by atoms with Crippen molar-refractivity contribution in [3.63, 3.8) is 0 Å². The quantitative estimate of drug-likeness (QED) is 0.680. The van der Waals surface area contributed by atoms with Crippen LogP contribution < -0.4 is 4.72 Å². The van der Waals surface area contributed by atoms with E-state index in [9.17, 15) is 16.8 Å². The monoisotopic (exact) mass is 476 g/mol. The molecule has 3 atom stereocenters. The van der Waals surface area contributed by atoms with Gasteiger partial charge in [0, 0.05) is 19.1 Å². The van der Waals surface area contributed by atoms with Gasteiger partial charge in [0.05, 0.1) is 9.79 Å². The summed E-state index contributed by atoms with van der Waals surface area (Å²) >= 11 is 0. The molecule has 6 nitrogen and oxygen atoms in total. The van der Waals surface area contributed by atoms with Crippen molar-refractivity contribution in [1.29, 1.82) is 0 Å². The van der Waals surface area contributed by atoms with Crippen LogP contribution >= 0.6 is 0 Å². The third kappa shape index (κ3) is 5.09. The third-order valence-electron chi connectivity index (χ3n) is 6.84. The minimum Gasteiger partial charge on any atom is -0.208 e. The zero-order chi connectivity index (χ0) is 22.8. The molecule has 1 saturated carbocycles. The van der Waals surface area contributed by atoms with E-state index in [2.05, 4.69) is 11.6 Å². The fraction of sp³-hybridized carbons (Fsp3) is 0.500. The Morgan fingerprint density at radius 1 is 0.812 bits per heavy atom. The largest absolute Gasteiger partial charge is 0.243 e. The molecule has 0 unspecified atom stereocenters. The predicted molar refractivity (Wildman–Crippen MR) is 125 cm³/mol. The minimum atomic E-state index is -3.68.